The van der Waals surface area contributed by atoms with Crippen molar-refractivity contribution in [1.82, 2.24) is 19.8 Å². The van der Waals surface area contributed by atoms with Crippen LogP contribution in [0.3, 0.4) is 0 Å². The number of allylic oxidation sites excluding steroid dienone is 2. The zero-order valence-electron chi connectivity index (χ0n) is 14.9. The highest BCUT2D eigenvalue weighted by Gasteiger charge is 2.57. The molecule has 2 saturated heterocycles. The number of aliphatic imine (C=N–C) groups is 1. The number of imidazole rings is 1. The van der Waals surface area contributed by atoms with Crippen LogP contribution in [0, 0.1) is 0 Å². The van der Waals surface area contributed by atoms with E-state index in [1.165, 1.54) is 0 Å². The van der Waals surface area contributed by atoms with Crippen molar-refractivity contribution in [3.05, 3.63) is 36.1 Å². The number of halogens is 3. The van der Waals surface area contributed by atoms with Gasteiger partial charge in [-0.3, -0.25) is 9.36 Å². The maximum Gasteiger partial charge on any atom is 0.391 e. The predicted octanol–water partition coefficient (Wildman–Crippen LogP) is 3.06. The first-order valence-electron chi connectivity index (χ1n) is 8.99. The van der Waals surface area contributed by atoms with Crippen LogP contribution in [0.1, 0.15) is 39.0 Å². The lowest BCUT2D eigenvalue weighted by atomic mass is 9.88. The van der Waals surface area contributed by atoms with E-state index in [2.05, 4.69) is 10.3 Å². The molecular formula is C18H20F3N5O. The smallest absolute Gasteiger partial charge is 0.340 e. The lowest BCUT2D eigenvalue weighted by molar-refractivity contribution is -0.166. The van der Waals surface area contributed by atoms with E-state index in [0.29, 0.717) is 36.7 Å². The van der Waals surface area contributed by atoms with Gasteiger partial charge in [0.1, 0.15) is 17.7 Å². The Balaban J connectivity index is 1.83. The number of hydrogen-bond acceptors (Lipinski definition) is 4. The van der Waals surface area contributed by atoms with Gasteiger partial charge in [-0.05, 0) is 31.3 Å². The van der Waals surface area contributed by atoms with Crippen molar-refractivity contribution in [2.45, 2.75) is 50.7 Å². The predicted molar refractivity (Wildman–Crippen MR) is 93.4 cm³/mol. The highest BCUT2D eigenvalue weighted by atomic mass is 19.4. The number of piperazine rings is 1. The highest BCUT2D eigenvalue weighted by molar-refractivity contribution is 6.11. The summed E-state index contributed by atoms with van der Waals surface area (Å²) in [6.07, 6.45) is 3.20. The summed E-state index contributed by atoms with van der Waals surface area (Å²) in [4.78, 5) is 23.1. The third kappa shape index (κ3) is 2.94. The Kier molecular flexibility index (Phi) is 4.12. The van der Waals surface area contributed by atoms with Crippen molar-refractivity contribution in [1.29, 1.82) is 0 Å². The van der Waals surface area contributed by atoms with E-state index in [1.807, 2.05) is 13.0 Å². The Morgan fingerprint density at radius 3 is 2.85 bits per heavy atom. The largest absolute Gasteiger partial charge is 0.391 e. The third-order valence-electron chi connectivity index (χ3n) is 5.41. The molecule has 9 heteroatoms. The third-order valence-corrected chi connectivity index (χ3v) is 5.41. The van der Waals surface area contributed by atoms with Crippen LogP contribution in [0.15, 0.2) is 41.1 Å². The Bertz CT molecular complexity index is 853. The molecule has 1 atom stereocenters. The molecule has 1 unspecified atom stereocenters. The Hall–Kier alpha value is -2.58. The van der Waals surface area contributed by atoms with E-state index in [-0.39, 0.29) is 6.42 Å². The van der Waals surface area contributed by atoms with Gasteiger partial charge >= 0.3 is 6.18 Å². The van der Waals surface area contributed by atoms with Gasteiger partial charge in [0.05, 0.1) is 12.1 Å². The van der Waals surface area contributed by atoms with Crippen LogP contribution in [-0.2, 0) is 4.79 Å². The number of hydrogen-bond donors (Lipinski definition) is 1. The second kappa shape index (κ2) is 6.24. The lowest BCUT2D eigenvalue weighted by Crippen LogP contribution is -2.64. The standard InChI is InChI=1S/C18H20F3N5O/c1-2-12-4-5-13-15(24-14(12)25-9-7-22-11-25)26-8-3-6-17(26,16(27)23-13)10-18(19,20)21/h5,7,9,11H,2-4,6,8,10H2,1H3,(H,23,27). The maximum atomic E-state index is 13.3. The number of carbonyl (C=O) groups excluding carboxylic acids is 1. The second-order valence-corrected chi connectivity index (χ2v) is 7.04. The summed E-state index contributed by atoms with van der Waals surface area (Å²) in [5.41, 5.74) is -0.108. The molecule has 0 spiro atoms. The first kappa shape index (κ1) is 17.8. The molecule has 0 saturated carbocycles. The number of fused-ring (bicyclic) bond motifs is 3. The van der Waals surface area contributed by atoms with Crippen molar-refractivity contribution in [2.24, 2.45) is 4.99 Å². The van der Waals surface area contributed by atoms with Crippen LogP contribution in [-0.4, -0.2) is 44.5 Å². The summed E-state index contributed by atoms with van der Waals surface area (Å²) in [5.74, 6) is 0.468. The van der Waals surface area contributed by atoms with Crippen LogP contribution in [0.25, 0.3) is 5.82 Å². The number of amidine groups is 1. The average Bonchev–Trinajstić information content (AvgIpc) is 3.22. The highest BCUT2D eigenvalue weighted by Crippen LogP contribution is 2.43. The van der Waals surface area contributed by atoms with Crippen LogP contribution < -0.4 is 5.32 Å². The number of amides is 1. The second-order valence-electron chi connectivity index (χ2n) is 7.04. The van der Waals surface area contributed by atoms with Crippen molar-refractivity contribution in [3.63, 3.8) is 0 Å². The van der Waals surface area contributed by atoms with E-state index < -0.39 is 24.0 Å². The molecule has 0 radical (unpaired) electrons. The molecule has 3 aliphatic heterocycles. The first-order chi connectivity index (χ1) is 12.8. The van der Waals surface area contributed by atoms with E-state index in [0.717, 1.165) is 12.0 Å². The first-order valence-corrected chi connectivity index (χ1v) is 8.99. The molecule has 2 fully saturated rings. The van der Waals surface area contributed by atoms with Gasteiger partial charge < -0.3 is 10.2 Å². The molecule has 0 aliphatic carbocycles. The van der Waals surface area contributed by atoms with Crippen molar-refractivity contribution in [3.8, 4) is 0 Å². The molecule has 144 valence electrons. The number of rotatable bonds is 3. The molecule has 6 nitrogen and oxygen atoms in total. The maximum absolute atomic E-state index is 13.3. The number of carbonyl (C=O) groups is 1. The van der Waals surface area contributed by atoms with E-state index >= 15 is 0 Å². The summed E-state index contributed by atoms with van der Waals surface area (Å²) in [7, 11) is 0. The molecule has 1 aromatic rings. The minimum atomic E-state index is -4.44. The monoisotopic (exact) mass is 379 g/mol. The summed E-state index contributed by atoms with van der Waals surface area (Å²) < 4.78 is 41.6. The fraction of sp³-hybridized carbons (Fsp3) is 0.500. The normalized spacial score (nSPS) is 25.5. The van der Waals surface area contributed by atoms with Gasteiger partial charge in [-0.15, -0.1) is 0 Å². The molecule has 1 N–H and O–H groups in total. The Morgan fingerprint density at radius 1 is 1.37 bits per heavy atom. The molecule has 1 aromatic heterocycles. The molecule has 0 bridgehead atoms. The Morgan fingerprint density at radius 2 is 2.19 bits per heavy atom. The van der Waals surface area contributed by atoms with Gasteiger partial charge in [-0.2, -0.15) is 13.2 Å². The Labute approximate surface area is 154 Å². The lowest BCUT2D eigenvalue weighted by Gasteiger charge is -2.44. The fourth-order valence-corrected chi connectivity index (χ4v) is 4.14. The van der Waals surface area contributed by atoms with Gasteiger partial charge in [-0.25, -0.2) is 9.98 Å². The van der Waals surface area contributed by atoms with Crippen LogP contribution >= 0.6 is 0 Å². The van der Waals surface area contributed by atoms with Gasteiger partial charge in [-0.1, -0.05) is 13.0 Å². The van der Waals surface area contributed by atoms with E-state index in [1.54, 1.807) is 28.2 Å². The van der Waals surface area contributed by atoms with Crippen LogP contribution in [0.4, 0.5) is 13.2 Å². The van der Waals surface area contributed by atoms with Gasteiger partial charge in [0.15, 0.2) is 5.84 Å². The zero-order valence-corrected chi connectivity index (χ0v) is 14.9. The quantitative estimate of drug-likeness (QED) is 0.878. The summed E-state index contributed by atoms with van der Waals surface area (Å²) in [6, 6.07) is 0. The molecule has 3 aliphatic rings. The zero-order chi connectivity index (χ0) is 19.2. The topological polar surface area (TPSA) is 62.5 Å². The summed E-state index contributed by atoms with van der Waals surface area (Å²) in [5, 5.41) is 2.70. The minimum Gasteiger partial charge on any atom is -0.340 e. The molecule has 4 rings (SSSR count). The number of nitrogens with one attached hydrogen (secondary N) is 1. The van der Waals surface area contributed by atoms with Crippen molar-refractivity contribution in [2.75, 3.05) is 6.54 Å². The fourth-order valence-electron chi connectivity index (χ4n) is 4.14. The van der Waals surface area contributed by atoms with E-state index in [4.69, 9.17) is 4.99 Å². The number of aromatic nitrogens is 2. The average molecular weight is 379 g/mol. The molecular weight excluding hydrogens is 359 g/mol. The van der Waals surface area contributed by atoms with Crippen LogP contribution in [0.2, 0.25) is 0 Å². The summed E-state index contributed by atoms with van der Waals surface area (Å²) >= 11 is 0. The van der Waals surface area contributed by atoms with Crippen molar-refractivity contribution >= 4 is 17.6 Å². The number of alkyl halides is 3. The van der Waals surface area contributed by atoms with E-state index in [9.17, 15) is 18.0 Å². The molecule has 1 amide bonds. The van der Waals surface area contributed by atoms with Gasteiger partial charge in [0.25, 0.3) is 5.91 Å². The van der Waals surface area contributed by atoms with Gasteiger partial charge in [0.2, 0.25) is 0 Å². The van der Waals surface area contributed by atoms with Gasteiger partial charge in [0, 0.05) is 18.9 Å². The molecule has 0 aromatic carbocycles. The molecule has 4 heterocycles. The SMILES string of the molecule is CCC1=C(n2ccnc2)N=C2C(=CC1)NC(=O)C1(CC(F)(F)F)CCCN21. The minimum absolute atomic E-state index is 0.162. The number of nitrogens with zero attached hydrogens (tertiary/aromatic N) is 4. The van der Waals surface area contributed by atoms with Crippen molar-refractivity contribution < 1.29 is 18.0 Å². The molecule has 27 heavy (non-hydrogen) atoms. The van der Waals surface area contributed by atoms with Crippen LogP contribution in [0.5, 0.6) is 0 Å². The summed E-state index contributed by atoms with van der Waals surface area (Å²) in [6.45, 7) is 2.38.